The molecule has 7 nitrogen and oxygen atoms in total. The van der Waals surface area contributed by atoms with E-state index in [4.69, 9.17) is 4.74 Å². The van der Waals surface area contributed by atoms with Crippen LogP contribution >= 0.6 is 11.3 Å². The van der Waals surface area contributed by atoms with Gasteiger partial charge in [0.2, 0.25) is 5.95 Å². The van der Waals surface area contributed by atoms with Crippen LogP contribution in [0.1, 0.15) is 34.4 Å². The van der Waals surface area contributed by atoms with Gasteiger partial charge in [-0.25, -0.2) is 23.7 Å². The van der Waals surface area contributed by atoms with Gasteiger partial charge in [0.05, 0.1) is 35.1 Å². The Bertz CT molecular complexity index is 1270. The van der Waals surface area contributed by atoms with Crippen molar-refractivity contribution in [1.82, 2.24) is 19.9 Å². The first-order chi connectivity index (χ1) is 17.4. The molecule has 1 unspecified atom stereocenters. The molecule has 3 aromatic rings. The quantitative estimate of drug-likeness (QED) is 0.413. The lowest BCUT2D eigenvalue weighted by molar-refractivity contribution is -0.138. The van der Waals surface area contributed by atoms with Crippen molar-refractivity contribution < 1.29 is 31.5 Å². The molecule has 0 aliphatic carbocycles. The van der Waals surface area contributed by atoms with Crippen LogP contribution in [0.5, 0.6) is 5.75 Å². The normalized spacial score (nSPS) is 19.5. The fourth-order valence-electron chi connectivity index (χ4n) is 4.31. The molecule has 3 heterocycles. The van der Waals surface area contributed by atoms with E-state index in [1.165, 1.54) is 18.4 Å². The molecule has 0 radical (unpaired) electrons. The molecule has 1 aliphatic heterocycles. The number of rotatable bonds is 6. The summed E-state index contributed by atoms with van der Waals surface area (Å²) in [6.45, 7) is 2.47. The maximum atomic E-state index is 14.6. The predicted molar refractivity (Wildman–Crippen MR) is 128 cm³/mol. The van der Waals surface area contributed by atoms with Crippen molar-refractivity contribution in [2.24, 2.45) is 5.92 Å². The number of aromatic nitrogens is 3. The number of hydrogen-bond donors (Lipinski definition) is 1. The molecule has 1 N–H and O–H groups in total. The standard InChI is InChI=1S/C24H24F5N5O2S/c1-13-8-23(25,26)12-34(18(13)11-32-22-30-9-16(10-31-22)24(27,28)29)21(35)19-20(37-14(2)33-19)15-5-4-6-17(7-15)36-3/h4-7,9-10,13,18H,8,11-12H2,1-3H3,(H,30,31,32)/t13-,18?/m1/s1. The van der Waals surface area contributed by atoms with E-state index in [2.05, 4.69) is 20.3 Å². The Hall–Kier alpha value is -3.35. The van der Waals surface area contributed by atoms with Gasteiger partial charge in [0.25, 0.3) is 11.8 Å². The van der Waals surface area contributed by atoms with Gasteiger partial charge in [-0.3, -0.25) is 4.79 Å². The van der Waals surface area contributed by atoms with E-state index in [9.17, 15) is 26.7 Å². The SMILES string of the molecule is COc1cccc(-c2sc(C)nc2C(=O)N2CC(F)(F)C[C@@H](C)C2CNc2ncc(C(F)(F)F)cn2)c1. The molecular weight excluding hydrogens is 517 g/mol. The van der Waals surface area contributed by atoms with Crippen LogP contribution in [0, 0.1) is 12.8 Å². The molecule has 1 amide bonds. The summed E-state index contributed by atoms with van der Waals surface area (Å²) < 4.78 is 72.9. The zero-order chi connectivity index (χ0) is 27.0. The Balaban J connectivity index is 1.62. The van der Waals surface area contributed by atoms with Crippen molar-refractivity contribution in [2.45, 2.75) is 38.4 Å². The molecule has 0 saturated carbocycles. The number of alkyl halides is 5. The number of nitrogens with one attached hydrogen (secondary N) is 1. The summed E-state index contributed by atoms with van der Waals surface area (Å²) in [5.74, 6) is -3.94. The fourth-order valence-corrected chi connectivity index (χ4v) is 5.22. The molecule has 2 atom stereocenters. The number of benzene rings is 1. The lowest BCUT2D eigenvalue weighted by atomic mass is 9.88. The summed E-state index contributed by atoms with van der Waals surface area (Å²) in [7, 11) is 1.51. The molecule has 0 spiro atoms. The van der Waals surface area contributed by atoms with Crippen LogP contribution in [-0.4, -0.2) is 57.9 Å². The van der Waals surface area contributed by atoms with Crippen molar-refractivity contribution in [3.63, 3.8) is 0 Å². The number of anilines is 1. The second-order valence-electron chi connectivity index (χ2n) is 8.85. The number of nitrogens with zero attached hydrogens (tertiary/aromatic N) is 4. The van der Waals surface area contributed by atoms with Crippen LogP contribution < -0.4 is 10.1 Å². The zero-order valence-electron chi connectivity index (χ0n) is 20.1. The average molecular weight is 542 g/mol. The first-order valence-electron chi connectivity index (χ1n) is 11.3. The van der Waals surface area contributed by atoms with Gasteiger partial charge in [-0.05, 0) is 30.5 Å². The summed E-state index contributed by atoms with van der Waals surface area (Å²) in [4.78, 5) is 27.0. The fraction of sp³-hybridized carbons (Fsp3) is 0.417. The molecule has 13 heteroatoms. The minimum atomic E-state index is -4.59. The molecule has 2 aromatic heterocycles. The van der Waals surface area contributed by atoms with Gasteiger partial charge in [0, 0.05) is 25.4 Å². The maximum absolute atomic E-state index is 14.6. The van der Waals surface area contributed by atoms with Crippen LogP contribution in [0.3, 0.4) is 0 Å². The number of aryl methyl sites for hydroxylation is 1. The van der Waals surface area contributed by atoms with Crippen molar-refractivity contribution in [3.05, 3.63) is 52.9 Å². The number of methoxy groups -OCH3 is 1. The van der Waals surface area contributed by atoms with Gasteiger partial charge in [0.1, 0.15) is 11.4 Å². The van der Waals surface area contributed by atoms with E-state index in [-0.39, 0.29) is 18.2 Å². The van der Waals surface area contributed by atoms with Gasteiger partial charge in [-0.15, -0.1) is 11.3 Å². The third-order valence-corrected chi connectivity index (χ3v) is 7.08. The number of carbonyl (C=O) groups excluding carboxylic acids is 1. The minimum Gasteiger partial charge on any atom is -0.497 e. The summed E-state index contributed by atoms with van der Waals surface area (Å²) >= 11 is 1.27. The van der Waals surface area contributed by atoms with Crippen molar-refractivity contribution in [3.8, 4) is 16.2 Å². The van der Waals surface area contributed by atoms with Gasteiger partial charge < -0.3 is 15.0 Å². The second kappa shape index (κ2) is 10.2. The van der Waals surface area contributed by atoms with Crippen molar-refractivity contribution in [1.29, 1.82) is 0 Å². The third-order valence-electron chi connectivity index (χ3n) is 6.06. The number of carbonyl (C=O) groups is 1. The summed E-state index contributed by atoms with van der Waals surface area (Å²) in [5.41, 5.74) is -0.293. The van der Waals surface area contributed by atoms with Gasteiger partial charge >= 0.3 is 6.18 Å². The second-order valence-corrected chi connectivity index (χ2v) is 10.1. The van der Waals surface area contributed by atoms with E-state index in [0.29, 0.717) is 33.6 Å². The van der Waals surface area contributed by atoms with Crippen LogP contribution in [0.2, 0.25) is 0 Å². The van der Waals surface area contributed by atoms with E-state index >= 15 is 0 Å². The van der Waals surface area contributed by atoms with Gasteiger partial charge in [-0.2, -0.15) is 13.2 Å². The first kappa shape index (κ1) is 26.7. The Kier molecular flexibility index (Phi) is 7.36. The van der Waals surface area contributed by atoms with Gasteiger partial charge in [0.15, 0.2) is 0 Å². The number of halogens is 5. The molecule has 198 valence electrons. The van der Waals surface area contributed by atoms with Crippen LogP contribution in [-0.2, 0) is 6.18 Å². The smallest absolute Gasteiger partial charge is 0.419 e. The highest BCUT2D eigenvalue weighted by Gasteiger charge is 2.47. The highest BCUT2D eigenvalue weighted by molar-refractivity contribution is 7.15. The monoisotopic (exact) mass is 541 g/mol. The number of likely N-dealkylation sites (tertiary alicyclic amines) is 1. The van der Waals surface area contributed by atoms with Crippen LogP contribution in [0.25, 0.3) is 10.4 Å². The molecule has 37 heavy (non-hydrogen) atoms. The van der Waals surface area contributed by atoms with E-state index < -0.39 is 48.5 Å². The van der Waals surface area contributed by atoms with E-state index in [1.54, 1.807) is 38.1 Å². The zero-order valence-corrected chi connectivity index (χ0v) is 21.0. The third kappa shape index (κ3) is 5.97. The lowest BCUT2D eigenvalue weighted by Gasteiger charge is -2.43. The minimum absolute atomic E-state index is 0.0358. The first-order valence-corrected chi connectivity index (χ1v) is 12.1. The van der Waals surface area contributed by atoms with E-state index in [0.717, 1.165) is 4.90 Å². The lowest BCUT2D eigenvalue weighted by Crippen LogP contribution is -2.57. The summed E-state index contributed by atoms with van der Waals surface area (Å²) in [6.07, 6.45) is -3.77. The molecule has 1 fully saturated rings. The van der Waals surface area contributed by atoms with Crippen molar-refractivity contribution >= 4 is 23.2 Å². The molecule has 4 rings (SSSR count). The molecule has 1 aromatic carbocycles. The van der Waals surface area contributed by atoms with Crippen molar-refractivity contribution in [2.75, 3.05) is 25.5 Å². The molecule has 1 saturated heterocycles. The largest absolute Gasteiger partial charge is 0.497 e. The molecule has 0 bridgehead atoms. The Morgan fingerprint density at radius 1 is 1.27 bits per heavy atom. The number of piperidine rings is 1. The van der Waals surface area contributed by atoms with E-state index in [1.807, 2.05) is 0 Å². The van der Waals surface area contributed by atoms with Gasteiger partial charge in [-0.1, -0.05) is 19.1 Å². The average Bonchev–Trinajstić information content (AvgIpc) is 3.23. The van der Waals surface area contributed by atoms with Crippen LogP contribution in [0.15, 0.2) is 36.7 Å². The topological polar surface area (TPSA) is 80.2 Å². The summed E-state index contributed by atoms with van der Waals surface area (Å²) in [5, 5.41) is 3.38. The molecule has 1 aliphatic rings. The summed E-state index contributed by atoms with van der Waals surface area (Å²) in [6, 6.07) is 6.30. The Labute approximate surface area is 213 Å². The maximum Gasteiger partial charge on any atom is 0.419 e. The number of amides is 1. The predicted octanol–water partition coefficient (Wildman–Crippen LogP) is 5.53. The van der Waals surface area contributed by atoms with Crippen LogP contribution in [0.4, 0.5) is 27.9 Å². The number of ether oxygens (including phenoxy) is 1. The number of hydrogen-bond acceptors (Lipinski definition) is 7. The Morgan fingerprint density at radius 2 is 1.97 bits per heavy atom. The Morgan fingerprint density at radius 3 is 2.62 bits per heavy atom. The highest BCUT2D eigenvalue weighted by Crippen LogP contribution is 2.38. The molecular formula is C24H24F5N5O2S. The highest BCUT2D eigenvalue weighted by atomic mass is 32.1. The number of thiazole rings is 1.